The standard InChI is InChI=1S/C10H17NO/c1-3-4-5-6-9-8(2)7-10(12)11-9/h7,9H,3-6H2,1-2H3,(H,11,12)/t9-/m1/s1. The van der Waals surface area contributed by atoms with E-state index < -0.39 is 0 Å². The van der Waals surface area contributed by atoms with Crippen molar-refractivity contribution in [3.8, 4) is 0 Å². The zero-order valence-electron chi connectivity index (χ0n) is 7.89. The highest BCUT2D eigenvalue weighted by Crippen LogP contribution is 2.14. The molecular weight excluding hydrogens is 150 g/mol. The van der Waals surface area contributed by atoms with E-state index in [4.69, 9.17) is 0 Å². The summed E-state index contributed by atoms with van der Waals surface area (Å²) in [5, 5.41) is 2.93. The number of carbonyl (C=O) groups excluding carboxylic acids is 1. The van der Waals surface area contributed by atoms with Crippen LogP contribution in [0.25, 0.3) is 0 Å². The molecule has 1 aliphatic rings. The number of hydrogen-bond acceptors (Lipinski definition) is 1. The molecule has 2 nitrogen and oxygen atoms in total. The van der Waals surface area contributed by atoms with Crippen LogP contribution in [0.1, 0.15) is 39.5 Å². The van der Waals surface area contributed by atoms with Crippen LogP contribution in [0.15, 0.2) is 11.6 Å². The Morgan fingerprint density at radius 3 is 2.75 bits per heavy atom. The predicted molar refractivity (Wildman–Crippen MR) is 49.8 cm³/mol. The van der Waals surface area contributed by atoms with Gasteiger partial charge in [0.2, 0.25) is 5.91 Å². The second-order valence-electron chi connectivity index (χ2n) is 3.45. The van der Waals surface area contributed by atoms with Crippen LogP contribution < -0.4 is 5.32 Å². The van der Waals surface area contributed by atoms with Gasteiger partial charge in [0.1, 0.15) is 0 Å². The highest BCUT2D eigenvalue weighted by atomic mass is 16.1. The van der Waals surface area contributed by atoms with Crippen LogP contribution in [0.2, 0.25) is 0 Å². The van der Waals surface area contributed by atoms with E-state index in [-0.39, 0.29) is 5.91 Å². The van der Waals surface area contributed by atoms with Crippen LogP contribution in [-0.2, 0) is 4.79 Å². The van der Waals surface area contributed by atoms with Crippen molar-refractivity contribution in [3.05, 3.63) is 11.6 Å². The Morgan fingerprint density at radius 1 is 1.50 bits per heavy atom. The fraction of sp³-hybridized carbons (Fsp3) is 0.700. The van der Waals surface area contributed by atoms with E-state index in [1.165, 1.54) is 24.8 Å². The van der Waals surface area contributed by atoms with Crippen molar-refractivity contribution in [3.63, 3.8) is 0 Å². The van der Waals surface area contributed by atoms with Gasteiger partial charge in [-0.2, -0.15) is 0 Å². The Kier molecular flexibility index (Phi) is 3.32. The van der Waals surface area contributed by atoms with Gasteiger partial charge in [-0.15, -0.1) is 0 Å². The molecule has 0 saturated heterocycles. The average Bonchev–Trinajstić information content (AvgIpc) is 2.31. The fourth-order valence-electron chi connectivity index (χ4n) is 1.53. The van der Waals surface area contributed by atoms with E-state index in [2.05, 4.69) is 12.2 Å². The topological polar surface area (TPSA) is 29.1 Å². The Morgan fingerprint density at radius 2 is 2.25 bits per heavy atom. The first-order valence-electron chi connectivity index (χ1n) is 4.72. The van der Waals surface area contributed by atoms with Crippen LogP contribution in [-0.4, -0.2) is 11.9 Å². The summed E-state index contributed by atoms with van der Waals surface area (Å²) >= 11 is 0. The third-order valence-electron chi connectivity index (χ3n) is 2.32. The molecule has 0 aromatic rings. The molecule has 1 atom stereocenters. The van der Waals surface area contributed by atoms with Crippen molar-refractivity contribution >= 4 is 5.91 Å². The second kappa shape index (κ2) is 4.29. The van der Waals surface area contributed by atoms with Gasteiger partial charge in [0.05, 0.1) is 6.04 Å². The summed E-state index contributed by atoms with van der Waals surface area (Å²) < 4.78 is 0. The quantitative estimate of drug-likeness (QED) is 0.638. The van der Waals surface area contributed by atoms with E-state index in [9.17, 15) is 4.79 Å². The van der Waals surface area contributed by atoms with E-state index in [1.807, 2.05) is 6.92 Å². The first-order chi connectivity index (χ1) is 5.74. The lowest BCUT2D eigenvalue weighted by Gasteiger charge is -2.11. The predicted octanol–water partition coefficient (Wildman–Crippen LogP) is 2.01. The second-order valence-corrected chi connectivity index (χ2v) is 3.45. The summed E-state index contributed by atoms with van der Waals surface area (Å²) in [6.07, 6.45) is 6.52. The Bertz CT molecular complexity index is 196. The summed E-state index contributed by atoms with van der Waals surface area (Å²) in [6.45, 7) is 4.21. The number of rotatable bonds is 4. The monoisotopic (exact) mass is 167 g/mol. The smallest absolute Gasteiger partial charge is 0.244 e. The molecule has 0 fully saturated rings. The largest absolute Gasteiger partial charge is 0.346 e. The summed E-state index contributed by atoms with van der Waals surface area (Å²) in [7, 11) is 0. The van der Waals surface area contributed by atoms with E-state index in [0.717, 1.165) is 6.42 Å². The molecular formula is C10H17NO. The lowest BCUT2D eigenvalue weighted by molar-refractivity contribution is -0.116. The van der Waals surface area contributed by atoms with Crippen molar-refractivity contribution in [1.29, 1.82) is 0 Å². The molecule has 0 aliphatic carbocycles. The lowest BCUT2D eigenvalue weighted by Crippen LogP contribution is -2.27. The van der Waals surface area contributed by atoms with Crippen molar-refractivity contribution in [2.45, 2.75) is 45.6 Å². The van der Waals surface area contributed by atoms with Gasteiger partial charge >= 0.3 is 0 Å². The molecule has 2 heteroatoms. The van der Waals surface area contributed by atoms with E-state index in [1.54, 1.807) is 6.08 Å². The zero-order chi connectivity index (χ0) is 8.97. The van der Waals surface area contributed by atoms with E-state index >= 15 is 0 Å². The molecule has 1 rings (SSSR count). The normalized spacial score (nSPS) is 22.3. The molecule has 1 N–H and O–H groups in total. The maximum Gasteiger partial charge on any atom is 0.244 e. The molecule has 68 valence electrons. The fourth-order valence-corrected chi connectivity index (χ4v) is 1.53. The van der Waals surface area contributed by atoms with Crippen molar-refractivity contribution < 1.29 is 4.79 Å². The first-order valence-corrected chi connectivity index (χ1v) is 4.72. The minimum atomic E-state index is 0.0778. The van der Waals surface area contributed by atoms with Gasteiger partial charge in [-0.1, -0.05) is 26.2 Å². The lowest BCUT2D eigenvalue weighted by atomic mass is 10.0. The molecule has 1 aliphatic heterocycles. The molecule has 1 amide bonds. The maximum absolute atomic E-state index is 10.9. The van der Waals surface area contributed by atoms with Crippen LogP contribution >= 0.6 is 0 Å². The third-order valence-corrected chi connectivity index (χ3v) is 2.32. The van der Waals surface area contributed by atoms with Crippen LogP contribution in [0.5, 0.6) is 0 Å². The van der Waals surface area contributed by atoms with Gasteiger partial charge in [0, 0.05) is 6.08 Å². The van der Waals surface area contributed by atoms with Crippen LogP contribution in [0.4, 0.5) is 0 Å². The molecule has 0 bridgehead atoms. The molecule has 0 aromatic carbocycles. The molecule has 0 aromatic heterocycles. The number of unbranched alkanes of at least 4 members (excludes halogenated alkanes) is 2. The Balaban J connectivity index is 2.26. The summed E-state index contributed by atoms with van der Waals surface area (Å²) in [4.78, 5) is 10.9. The zero-order valence-corrected chi connectivity index (χ0v) is 7.89. The number of amides is 1. The molecule has 1 heterocycles. The SMILES string of the molecule is CCCCC[C@H]1NC(=O)C=C1C. The number of hydrogen-bond donors (Lipinski definition) is 1. The number of carbonyl (C=O) groups is 1. The summed E-state index contributed by atoms with van der Waals surface area (Å²) in [5.74, 6) is 0.0778. The first kappa shape index (κ1) is 9.30. The average molecular weight is 167 g/mol. The maximum atomic E-state index is 10.9. The van der Waals surface area contributed by atoms with Gasteiger partial charge in [-0.3, -0.25) is 4.79 Å². The minimum absolute atomic E-state index is 0.0778. The van der Waals surface area contributed by atoms with Gasteiger partial charge < -0.3 is 5.32 Å². The van der Waals surface area contributed by atoms with Gasteiger partial charge in [0.15, 0.2) is 0 Å². The van der Waals surface area contributed by atoms with E-state index in [0.29, 0.717) is 6.04 Å². The van der Waals surface area contributed by atoms with Crippen LogP contribution in [0.3, 0.4) is 0 Å². The molecule has 0 spiro atoms. The number of nitrogens with one attached hydrogen (secondary N) is 1. The Labute approximate surface area is 74.0 Å². The van der Waals surface area contributed by atoms with Crippen molar-refractivity contribution in [2.24, 2.45) is 0 Å². The van der Waals surface area contributed by atoms with Crippen molar-refractivity contribution in [2.75, 3.05) is 0 Å². The summed E-state index contributed by atoms with van der Waals surface area (Å²) in [6, 6.07) is 0.323. The molecule has 0 saturated carbocycles. The molecule has 0 unspecified atom stereocenters. The molecule has 12 heavy (non-hydrogen) atoms. The van der Waals surface area contributed by atoms with Gasteiger partial charge in [0.25, 0.3) is 0 Å². The summed E-state index contributed by atoms with van der Waals surface area (Å²) in [5.41, 5.74) is 1.19. The highest BCUT2D eigenvalue weighted by Gasteiger charge is 2.18. The van der Waals surface area contributed by atoms with Gasteiger partial charge in [-0.25, -0.2) is 0 Å². The van der Waals surface area contributed by atoms with Crippen molar-refractivity contribution in [1.82, 2.24) is 5.32 Å². The third kappa shape index (κ3) is 2.36. The molecule has 0 radical (unpaired) electrons. The van der Waals surface area contributed by atoms with Gasteiger partial charge in [-0.05, 0) is 18.9 Å². The highest BCUT2D eigenvalue weighted by molar-refractivity contribution is 5.91. The minimum Gasteiger partial charge on any atom is -0.346 e. The van der Waals surface area contributed by atoms with Crippen LogP contribution in [0, 0.1) is 0 Å². The Hall–Kier alpha value is -0.790.